The van der Waals surface area contributed by atoms with Gasteiger partial charge in [0.15, 0.2) is 0 Å². The van der Waals surface area contributed by atoms with E-state index in [1.54, 1.807) is 6.07 Å². The molecule has 0 spiro atoms. The smallest absolute Gasteiger partial charge is 0.140 e. The summed E-state index contributed by atoms with van der Waals surface area (Å²) in [5.41, 5.74) is 3.03. The van der Waals surface area contributed by atoms with Crippen LogP contribution in [0.3, 0.4) is 0 Å². The molecule has 0 amide bonds. The average Bonchev–Trinajstić information content (AvgIpc) is 3.24. The van der Waals surface area contributed by atoms with E-state index >= 15 is 0 Å². The third kappa shape index (κ3) is 2.64. The van der Waals surface area contributed by atoms with Crippen molar-refractivity contribution in [2.45, 2.75) is 25.7 Å². The summed E-state index contributed by atoms with van der Waals surface area (Å²) >= 11 is 0. The van der Waals surface area contributed by atoms with Crippen molar-refractivity contribution >= 4 is 5.78 Å². The third-order valence-electron chi connectivity index (χ3n) is 4.11. The lowest BCUT2D eigenvalue weighted by atomic mass is 9.99. The first kappa shape index (κ1) is 13.0. The second-order valence-electron chi connectivity index (χ2n) is 5.57. The van der Waals surface area contributed by atoms with Crippen LogP contribution in [-0.4, -0.2) is 5.78 Å². The lowest BCUT2D eigenvalue weighted by molar-refractivity contribution is -0.119. The lowest BCUT2D eigenvalue weighted by Gasteiger charge is -2.05. The number of aryl methyl sites for hydroxylation is 1. The fraction of sp³-hybridized carbons (Fsp3) is 0.278. The number of hydrogen-bond donors (Lipinski definition) is 0. The highest BCUT2D eigenvalue weighted by molar-refractivity contribution is 5.87. The molecule has 2 unspecified atom stereocenters. The minimum Gasteiger partial charge on any atom is -0.299 e. The Morgan fingerprint density at radius 2 is 1.95 bits per heavy atom. The van der Waals surface area contributed by atoms with Crippen LogP contribution in [0.1, 0.15) is 29.0 Å². The molecule has 1 fully saturated rings. The van der Waals surface area contributed by atoms with E-state index < -0.39 is 0 Å². The van der Waals surface area contributed by atoms with Crippen LogP contribution in [0.4, 0.5) is 4.39 Å². The zero-order valence-corrected chi connectivity index (χ0v) is 11.5. The summed E-state index contributed by atoms with van der Waals surface area (Å²) in [4.78, 5) is 12.3. The molecule has 0 saturated heterocycles. The first-order valence-electron chi connectivity index (χ1n) is 6.98. The Kier molecular flexibility index (Phi) is 3.39. The summed E-state index contributed by atoms with van der Waals surface area (Å²) in [6.45, 7) is 1.92. The van der Waals surface area contributed by atoms with Gasteiger partial charge < -0.3 is 0 Å². The quantitative estimate of drug-likeness (QED) is 0.817. The summed E-state index contributed by atoms with van der Waals surface area (Å²) in [7, 11) is 0. The highest BCUT2D eigenvalue weighted by atomic mass is 19.1. The van der Waals surface area contributed by atoms with Crippen molar-refractivity contribution in [3.63, 3.8) is 0 Å². The van der Waals surface area contributed by atoms with E-state index in [-0.39, 0.29) is 17.5 Å². The molecule has 2 aromatic rings. The van der Waals surface area contributed by atoms with Crippen LogP contribution >= 0.6 is 0 Å². The molecule has 2 aromatic carbocycles. The van der Waals surface area contributed by atoms with E-state index in [4.69, 9.17) is 0 Å². The molecule has 1 aliphatic carbocycles. The van der Waals surface area contributed by atoms with Crippen LogP contribution < -0.4 is 0 Å². The zero-order chi connectivity index (χ0) is 14.1. The maximum Gasteiger partial charge on any atom is 0.140 e. The number of halogens is 1. The first-order chi connectivity index (χ1) is 9.65. The first-order valence-corrected chi connectivity index (χ1v) is 6.98. The molecule has 1 aliphatic rings. The van der Waals surface area contributed by atoms with Crippen LogP contribution in [0.2, 0.25) is 0 Å². The molecule has 1 saturated carbocycles. The fourth-order valence-corrected chi connectivity index (χ4v) is 2.77. The Hall–Kier alpha value is -1.96. The van der Waals surface area contributed by atoms with Gasteiger partial charge in [-0.2, -0.15) is 0 Å². The molecular weight excluding hydrogens is 251 g/mol. The van der Waals surface area contributed by atoms with E-state index in [9.17, 15) is 9.18 Å². The van der Waals surface area contributed by atoms with Crippen molar-refractivity contribution in [1.82, 2.24) is 0 Å². The second kappa shape index (κ2) is 5.20. The Morgan fingerprint density at radius 3 is 2.70 bits per heavy atom. The van der Waals surface area contributed by atoms with Crippen molar-refractivity contribution in [1.29, 1.82) is 0 Å². The van der Waals surface area contributed by atoms with Crippen LogP contribution in [0.5, 0.6) is 0 Å². The Labute approximate surface area is 118 Å². The molecule has 0 radical (unpaired) electrons. The average molecular weight is 268 g/mol. The number of benzene rings is 2. The molecule has 20 heavy (non-hydrogen) atoms. The number of ketones is 1. The van der Waals surface area contributed by atoms with Crippen LogP contribution in [0.25, 0.3) is 0 Å². The van der Waals surface area contributed by atoms with Crippen molar-refractivity contribution in [2.24, 2.45) is 5.92 Å². The summed E-state index contributed by atoms with van der Waals surface area (Å²) in [6.07, 6.45) is 1.27. The topological polar surface area (TPSA) is 17.1 Å². The Morgan fingerprint density at radius 1 is 1.20 bits per heavy atom. The number of Topliss-reactive ketones (excluding diaryl/α,β-unsaturated/α-hetero) is 1. The van der Waals surface area contributed by atoms with Crippen molar-refractivity contribution in [2.75, 3.05) is 0 Å². The third-order valence-corrected chi connectivity index (χ3v) is 4.11. The zero-order valence-electron chi connectivity index (χ0n) is 11.5. The van der Waals surface area contributed by atoms with Gasteiger partial charge in [0.1, 0.15) is 11.6 Å². The molecule has 0 N–H and O–H groups in total. The molecular formula is C18H17FO. The normalized spacial score (nSPS) is 20.7. The molecule has 2 atom stereocenters. The minimum absolute atomic E-state index is 0.111. The molecule has 3 rings (SSSR count). The van der Waals surface area contributed by atoms with Crippen LogP contribution in [-0.2, 0) is 11.2 Å². The summed E-state index contributed by atoms with van der Waals surface area (Å²) in [5, 5.41) is 0. The van der Waals surface area contributed by atoms with Gasteiger partial charge in [0.05, 0.1) is 0 Å². The van der Waals surface area contributed by atoms with Gasteiger partial charge in [0.2, 0.25) is 0 Å². The van der Waals surface area contributed by atoms with Crippen molar-refractivity contribution in [3.05, 3.63) is 71.0 Å². The standard InChI is InChI=1S/C18H17FO/c1-12-7-8-15(19)9-14(12)10-18(20)17-11-16(17)13-5-3-2-4-6-13/h2-9,16-17H,10-11H2,1H3. The van der Waals surface area contributed by atoms with Gasteiger partial charge in [0.25, 0.3) is 0 Å². The molecule has 0 aromatic heterocycles. The van der Waals surface area contributed by atoms with Gasteiger partial charge in [-0.15, -0.1) is 0 Å². The van der Waals surface area contributed by atoms with Gasteiger partial charge in [-0.25, -0.2) is 4.39 Å². The largest absolute Gasteiger partial charge is 0.299 e. The molecule has 0 bridgehead atoms. The van der Waals surface area contributed by atoms with E-state index in [1.165, 1.54) is 17.7 Å². The van der Waals surface area contributed by atoms with Gasteiger partial charge in [-0.3, -0.25) is 4.79 Å². The Bertz CT molecular complexity index is 633. The summed E-state index contributed by atoms with van der Waals surface area (Å²) in [5.74, 6) is 0.430. The maximum atomic E-state index is 13.2. The molecule has 0 heterocycles. The monoisotopic (exact) mass is 268 g/mol. The maximum absolute atomic E-state index is 13.2. The number of rotatable bonds is 4. The fourth-order valence-electron chi connectivity index (χ4n) is 2.77. The number of carbonyl (C=O) groups excluding carboxylic acids is 1. The van der Waals surface area contributed by atoms with Gasteiger partial charge in [-0.05, 0) is 48.1 Å². The van der Waals surface area contributed by atoms with E-state index in [2.05, 4.69) is 12.1 Å². The summed E-state index contributed by atoms with van der Waals surface area (Å²) < 4.78 is 13.2. The highest BCUT2D eigenvalue weighted by Gasteiger charge is 2.43. The highest BCUT2D eigenvalue weighted by Crippen LogP contribution is 2.48. The number of hydrogen-bond acceptors (Lipinski definition) is 1. The van der Waals surface area contributed by atoms with E-state index in [1.807, 2.05) is 25.1 Å². The van der Waals surface area contributed by atoms with Crippen molar-refractivity contribution in [3.8, 4) is 0 Å². The van der Waals surface area contributed by atoms with Gasteiger partial charge >= 0.3 is 0 Å². The minimum atomic E-state index is -0.270. The SMILES string of the molecule is Cc1ccc(F)cc1CC(=O)C1CC1c1ccccc1. The Balaban J connectivity index is 1.68. The molecule has 1 nitrogen and oxygen atoms in total. The summed E-state index contributed by atoms with van der Waals surface area (Å²) in [6, 6.07) is 14.8. The van der Waals surface area contributed by atoms with Gasteiger partial charge in [-0.1, -0.05) is 36.4 Å². The lowest BCUT2D eigenvalue weighted by Crippen LogP contribution is -2.08. The number of carbonyl (C=O) groups is 1. The van der Waals surface area contributed by atoms with Gasteiger partial charge in [0, 0.05) is 12.3 Å². The van der Waals surface area contributed by atoms with Crippen molar-refractivity contribution < 1.29 is 9.18 Å². The predicted octanol–water partition coefficient (Wildman–Crippen LogP) is 4.05. The molecule has 0 aliphatic heterocycles. The van der Waals surface area contributed by atoms with E-state index in [0.717, 1.165) is 17.5 Å². The molecule has 102 valence electrons. The van der Waals surface area contributed by atoms with Crippen LogP contribution in [0.15, 0.2) is 48.5 Å². The molecule has 2 heteroatoms. The van der Waals surface area contributed by atoms with E-state index in [0.29, 0.717) is 12.3 Å². The predicted molar refractivity (Wildman–Crippen MR) is 77.1 cm³/mol. The van der Waals surface area contributed by atoms with Crippen LogP contribution in [0, 0.1) is 18.7 Å². The second-order valence-corrected chi connectivity index (χ2v) is 5.57.